The summed E-state index contributed by atoms with van der Waals surface area (Å²) in [5.74, 6) is 1.62. The Labute approximate surface area is 141 Å². The van der Waals surface area contributed by atoms with Crippen molar-refractivity contribution in [3.63, 3.8) is 0 Å². The molecule has 5 heteroatoms. The van der Waals surface area contributed by atoms with Gasteiger partial charge in [-0.05, 0) is 35.7 Å². The Bertz CT molecular complexity index is 747. The van der Waals surface area contributed by atoms with Crippen LogP contribution in [-0.2, 0) is 0 Å². The van der Waals surface area contributed by atoms with E-state index in [1.807, 2.05) is 26.0 Å². The normalized spacial score (nSPS) is 14.5. The Balaban J connectivity index is 1.63. The van der Waals surface area contributed by atoms with Crippen LogP contribution in [0.25, 0.3) is 0 Å². The summed E-state index contributed by atoms with van der Waals surface area (Å²) in [6.07, 6.45) is -0.801. The van der Waals surface area contributed by atoms with Gasteiger partial charge in [0.1, 0.15) is 11.5 Å². The maximum atomic E-state index is 11.9. The molecule has 0 saturated heterocycles. The zero-order chi connectivity index (χ0) is 17.3. The molecule has 2 aromatic rings. The van der Waals surface area contributed by atoms with E-state index in [-0.39, 0.29) is 0 Å². The first-order valence-electron chi connectivity index (χ1n) is 7.84. The number of rotatable bonds is 3. The lowest BCUT2D eigenvalue weighted by molar-refractivity contribution is -0.0431. The van der Waals surface area contributed by atoms with E-state index in [1.165, 1.54) is 5.56 Å². The quantitative estimate of drug-likeness (QED) is 0.593. The summed E-state index contributed by atoms with van der Waals surface area (Å²) >= 11 is 0. The minimum atomic E-state index is -0.801. The Morgan fingerprint density at radius 3 is 2.17 bits per heavy atom. The van der Waals surface area contributed by atoms with Crippen molar-refractivity contribution in [1.82, 2.24) is 0 Å². The average molecular weight is 328 g/mol. The molecular formula is C19H20O5. The lowest BCUT2D eigenvalue weighted by atomic mass is 10.0. The average Bonchev–Trinajstić information content (AvgIpc) is 2.80. The molecule has 0 radical (unpaired) electrons. The van der Waals surface area contributed by atoms with Crippen molar-refractivity contribution in [3.05, 3.63) is 48.0 Å². The fourth-order valence-electron chi connectivity index (χ4n) is 2.40. The number of hydrogen-bond donors (Lipinski definition) is 0. The minimum absolute atomic E-state index is 0.332. The Hall–Kier alpha value is -2.69. The molecule has 0 amide bonds. The van der Waals surface area contributed by atoms with Gasteiger partial charge in [0.15, 0.2) is 11.5 Å². The van der Waals surface area contributed by atoms with E-state index < -0.39 is 11.9 Å². The standard InChI is InChI=1S/C19H20O5/c1-12(2)13-5-7-14(8-6-13)21-18(20)22-15-9-10-16-17(11-15)24-19(3,4)23-16/h5-12H,1-4H3. The van der Waals surface area contributed by atoms with Crippen LogP contribution in [0.5, 0.6) is 23.0 Å². The van der Waals surface area contributed by atoms with Crippen molar-refractivity contribution in [2.24, 2.45) is 0 Å². The minimum Gasteiger partial charge on any atom is -0.449 e. The third-order valence-corrected chi connectivity index (χ3v) is 3.58. The first-order chi connectivity index (χ1) is 11.3. The van der Waals surface area contributed by atoms with Crippen LogP contribution in [-0.4, -0.2) is 11.9 Å². The summed E-state index contributed by atoms with van der Waals surface area (Å²) in [6, 6.07) is 12.3. The van der Waals surface area contributed by atoms with Gasteiger partial charge in [0, 0.05) is 19.9 Å². The first kappa shape index (κ1) is 16.2. The predicted molar refractivity (Wildman–Crippen MR) is 89.0 cm³/mol. The van der Waals surface area contributed by atoms with Gasteiger partial charge in [0.05, 0.1) is 0 Å². The van der Waals surface area contributed by atoms with Crippen LogP contribution < -0.4 is 18.9 Å². The Morgan fingerprint density at radius 1 is 0.917 bits per heavy atom. The van der Waals surface area contributed by atoms with E-state index in [2.05, 4.69) is 13.8 Å². The molecule has 0 aromatic heterocycles. The molecular weight excluding hydrogens is 308 g/mol. The summed E-state index contributed by atoms with van der Waals surface area (Å²) in [4.78, 5) is 11.9. The summed E-state index contributed by atoms with van der Waals surface area (Å²) in [6.45, 7) is 7.82. The van der Waals surface area contributed by atoms with Crippen molar-refractivity contribution in [2.45, 2.75) is 39.4 Å². The van der Waals surface area contributed by atoms with E-state index >= 15 is 0 Å². The molecule has 1 aliphatic heterocycles. The molecule has 0 atom stereocenters. The van der Waals surface area contributed by atoms with Crippen LogP contribution in [0.3, 0.4) is 0 Å². The molecule has 2 aromatic carbocycles. The molecule has 0 spiro atoms. The number of hydrogen-bond acceptors (Lipinski definition) is 5. The molecule has 0 aliphatic carbocycles. The summed E-state index contributed by atoms with van der Waals surface area (Å²) in [5, 5.41) is 0. The molecule has 0 unspecified atom stereocenters. The maximum absolute atomic E-state index is 11.9. The first-order valence-corrected chi connectivity index (χ1v) is 7.84. The van der Waals surface area contributed by atoms with E-state index in [0.717, 1.165) is 0 Å². The van der Waals surface area contributed by atoms with Crippen LogP contribution in [0.2, 0.25) is 0 Å². The van der Waals surface area contributed by atoms with Gasteiger partial charge in [0.25, 0.3) is 0 Å². The van der Waals surface area contributed by atoms with E-state index in [4.69, 9.17) is 18.9 Å². The van der Waals surface area contributed by atoms with Crippen LogP contribution in [0.15, 0.2) is 42.5 Å². The van der Waals surface area contributed by atoms with Gasteiger partial charge in [0.2, 0.25) is 5.79 Å². The van der Waals surface area contributed by atoms with Gasteiger partial charge >= 0.3 is 6.16 Å². The molecule has 0 fully saturated rings. The largest absolute Gasteiger partial charge is 0.519 e. The highest BCUT2D eigenvalue weighted by atomic mass is 16.7. The molecule has 5 nitrogen and oxygen atoms in total. The second-order valence-electron chi connectivity index (χ2n) is 6.39. The molecule has 1 aliphatic rings. The molecule has 24 heavy (non-hydrogen) atoms. The smallest absolute Gasteiger partial charge is 0.449 e. The molecule has 126 valence electrons. The van der Waals surface area contributed by atoms with Gasteiger partial charge in [-0.2, -0.15) is 0 Å². The number of carbonyl (C=O) groups excluding carboxylic acids is 1. The maximum Gasteiger partial charge on any atom is 0.519 e. The van der Waals surface area contributed by atoms with Crippen molar-refractivity contribution < 1.29 is 23.7 Å². The van der Waals surface area contributed by atoms with E-state index in [9.17, 15) is 4.79 Å². The fraction of sp³-hybridized carbons (Fsp3) is 0.316. The molecule has 0 bridgehead atoms. The van der Waals surface area contributed by atoms with E-state index in [0.29, 0.717) is 28.9 Å². The number of ether oxygens (including phenoxy) is 4. The highest BCUT2D eigenvalue weighted by Crippen LogP contribution is 2.41. The van der Waals surface area contributed by atoms with E-state index in [1.54, 1.807) is 30.3 Å². The zero-order valence-electron chi connectivity index (χ0n) is 14.2. The van der Waals surface area contributed by atoms with Gasteiger partial charge in [-0.3, -0.25) is 0 Å². The van der Waals surface area contributed by atoms with Crippen LogP contribution in [0, 0.1) is 0 Å². The highest BCUT2D eigenvalue weighted by Gasteiger charge is 2.32. The molecule has 1 heterocycles. The van der Waals surface area contributed by atoms with Gasteiger partial charge in [-0.1, -0.05) is 26.0 Å². The number of fused-ring (bicyclic) bond motifs is 1. The Morgan fingerprint density at radius 2 is 1.50 bits per heavy atom. The van der Waals surface area contributed by atoms with Crippen LogP contribution in [0.1, 0.15) is 39.2 Å². The van der Waals surface area contributed by atoms with Gasteiger partial charge in [-0.25, -0.2) is 4.79 Å². The lowest BCUT2D eigenvalue weighted by Gasteiger charge is -2.16. The molecule has 0 saturated carbocycles. The van der Waals surface area contributed by atoms with Crippen LogP contribution in [0.4, 0.5) is 4.79 Å². The fourth-order valence-corrected chi connectivity index (χ4v) is 2.40. The molecule has 3 rings (SSSR count). The summed E-state index contributed by atoms with van der Waals surface area (Å²) in [7, 11) is 0. The van der Waals surface area contributed by atoms with Crippen molar-refractivity contribution in [1.29, 1.82) is 0 Å². The topological polar surface area (TPSA) is 54.0 Å². The monoisotopic (exact) mass is 328 g/mol. The number of benzene rings is 2. The van der Waals surface area contributed by atoms with Crippen molar-refractivity contribution in [3.8, 4) is 23.0 Å². The predicted octanol–water partition coefficient (Wildman–Crippen LogP) is 4.90. The molecule has 0 N–H and O–H groups in total. The zero-order valence-corrected chi connectivity index (χ0v) is 14.2. The second-order valence-corrected chi connectivity index (χ2v) is 6.39. The van der Waals surface area contributed by atoms with Gasteiger partial charge < -0.3 is 18.9 Å². The third-order valence-electron chi connectivity index (χ3n) is 3.58. The third kappa shape index (κ3) is 3.62. The van der Waals surface area contributed by atoms with Crippen molar-refractivity contribution in [2.75, 3.05) is 0 Å². The Kier molecular flexibility index (Phi) is 4.09. The lowest BCUT2D eigenvalue weighted by Crippen LogP contribution is -2.29. The SMILES string of the molecule is CC(C)c1ccc(OC(=O)Oc2ccc3c(c2)OC(C)(C)O3)cc1. The second kappa shape index (κ2) is 6.07. The number of carbonyl (C=O) groups is 1. The van der Waals surface area contributed by atoms with Crippen molar-refractivity contribution >= 4 is 6.16 Å². The highest BCUT2D eigenvalue weighted by molar-refractivity contribution is 5.67. The van der Waals surface area contributed by atoms with Crippen LogP contribution >= 0.6 is 0 Å². The summed E-state index contributed by atoms with van der Waals surface area (Å²) in [5.41, 5.74) is 1.18. The van der Waals surface area contributed by atoms with Gasteiger partial charge in [-0.15, -0.1) is 0 Å². The summed E-state index contributed by atoms with van der Waals surface area (Å²) < 4.78 is 21.6.